The van der Waals surface area contributed by atoms with Gasteiger partial charge in [0, 0.05) is 36.7 Å². The Labute approximate surface area is 184 Å². The molecule has 1 atom stereocenters. The van der Waals surface area contributed by atoms with Crippen LogP contribution in [0.5, 0.6) is 0 Å². The van der Waals surface area contributed by atoms with E-state index in [-0.39, 0.29) is 5.41 Å². The summed E-state index contributed by atoms with van der Waals surface area (Å²) in [5, 5.41) is 17.2. The molecule has 0 bridgehead atoms. The quantitative estimate of drug-likeness (QED) is 0.621. The van der Waals surface area contributed by atoms with Gasteiger partial charge < -0.3 is 24.8 Å². The van der Waals surface area contributed by atoms with Gasteiger partial charge in [0.05, 0.1) is 26.6 Å². The van der Waals surface area contributed by atoms with Gasteiger partial charge in [0.1, 0.15) is 0 Å². The zero-order valence-corrected chi connectivity index (χ0v) is 18.5. The van der Waals surface area contributed by atoms with Crippen molar-refractivity contribution in [2.24, 2.45) is 0 Å². The molecule has 3 rings (SSSR count). The highest BCUT2D eigenvalue weighted by molar-refractivity contribution is 5.88. The van der Waals surface area contributed by atoms with E-state index in [1.807, 2.05) is 0 Å². The van der Waals surface area contributed by atoms with E-state index in [9.17, 15) is 14.7 Å². The predicted molar refractivity (Wildman–Crippen MR) is 120 cm³/mol. The molecule has 0 aromatic heterocycles. The number of rotatable bonds is 8. The number of hydrogen-bond acceptors (Lipinski definition) is 4. The first-order valence-corrected chi connectivity index (χ1v) is 10.6. The lowest BCUT2D eigenvalue weighted by Gasteiger charge is -2.30. The van der Waals surface area contributed by atoms with Crippen molar-refractivity contribution >= 4 is 17.6 Å². The van der Waals surface area contributed by atoms with Gasteiger partial charge in [-0.25, -0.2) is 4.79 Å². The molecule has 0 fully saturated rings. The molecular formula is C25H32N2O4. The van der Waals surface area contributed by atoms with Gasteiger partial charge in [0.15, 0.2) is 0 Å². The molecule has 1 heterocycles. The number of carbonyl (C=O) groups excluding carboxylic acids is 1. The summed E-state index contributed by atoms with van der Waals surface area (Å²) in [6.45, 7) is 5.81. The van der Waals surface area contributed by atoms with E-state index in [2.05, 4.69) is 80.5 Å². The van der Waals surface area contributed by atoms with Gasteiger partial charge in [-0.3, -0.25) is 0 Å². The highest BCUT2D eigenvalue weighted by Crippen LogP contribution is 2.47. The van der Waals surface area contributed by atoms with Crippen LogP contribution in [0.1, 0.15) is 30.9 Å². The number of para-hydroxylation sites is 1. The van der Waals surface area contributed by atoms with Gasteiger partial charge >= 0.3 is 5.97 Å². The Kier molecular flexibility index (Phi) is 8.82. The standard InChI is InChI=1S/C21H28N2.C4H4O4/c1-4-21(18-11-6-5-7-12-18)17-23(16-10-15-22(2)3)20-14-9-8-13-19(20)21;5-3(6)1-2-4(7)8/h5-9,11-14H,4,10,15-17H2,1-3H3;1-2H,(H,5,6)(H,7,8)/b;2-1-. The predicted octanol–water partition coefficient (Wildman–Crippen LogP) is 1.11. The highest BCUT2D eigenvalue weighted by atomic mass is 16.4. The van der Waals surface area contributed by atoms with Crippen LogP contribution in [0.4, 0.5) is 5.69 Å². The summed E-state index contributed by atoms with van der Waals surface area (Å²) < 4.78 is 0. The first kappa shape index (κ1) is 24.2. The number of fused-ring (bicyclic) bond motifs is 1. The van der Waals surface area contributed by atoms with Gasteiger partial charge in [0.25, 0.3) is 0 Å². The molecule has 1 aliphatic heterocycles. The van der Waals surface area contributed by atoms with Crippen molar-refractivity contribution < 1.29 is 24.7 Å². The number of quaternary nitrogens is 1. The van der Waals surface area contributed by atoms with Crippen molar-refractivity contribution in [1.82, 2.24) is 0 Å². The van der Waals surface area contributed by atoms with Crippen LogP contribution in [0.3, 0.4) is 0 Å². The minimum absolute atomic E-state index is 0.142. The summed E-state index contributed by atoms with van der Waals surface area (Å²) in [5.74, 6) is -2.80. The Morgan fingerprint density at radius 2 is 1.74 bits per heavy atom. The lowest BCUT2D eigenvalue weighted by atomic mass is 9.74. The average molecular weight is 425 g/mol. The Morgan fingerprint density at radius 1 is 1.10 bits per heavy atom. The summed E-state index contributed by atoms with van der Waals surface area (Å²) in [6.07, 6.45) is 3.33. The summed E-state index contributed by atoms with van der Waals surface area (Å²) in [6, 6.07) is 20.1. The second kappa shape index (κ2) is 11.3. The van der Waals surface area contributed by atoms with Crippen molar-refractivity contribution in [2.75, 3.05) is 38.6 Å². The van der Waals surface area contributed by atoms with E-state index in [1.165, 1.54) is 34.7 Å². The number of carboxylic acids is 2. The lowest BCUT2D eigenvalue weighted by molar-refractivity contribution is -0.858. The maximum absolute atomic E-state index is 9.53. The van der Waals surface area contributed by atoms with Crippen molar-refractivity contribution in [3.05, 3.63) is 77.9 Å². The SMILES string of the molecule is CCC1(c2ccccc2)CN(CCC[NH+](C)C)c2ccccc21.O=C([O-])/C=C\C(=O)O. The molecule has 6 nitrogen and oxygen atoms in total. The Bertz CT molecular complexity index is 879. The smallest absolute Gasteiger partial charge is 0.328 e. The van der Waals surface area contributed by atoms with E-state index >= 15 is 0 Å². The molecule has 0 spiro atoms. The minimum atomic E-state index is -1.51. The van der Waals surface area contributed by atoms with Gasteiger partial charge in [-0.2, -0.15) is 0 Å². The molecule has 31 heavy (non-hydrogen) atoms. The van der Waals surface area contributed by atoms with Gasteiger partial charge in [0.2, 0.25) is 0 Å². The van der Waals surface area contributed by atoms with Crippen LogP contribution in [-0.2, 0) is 15.0 Å². The third-order valence-electron chi connectivity index (χ3n) is 5.62. The summed E-state index contributed by atoms with van der Waals surface area (Å²) in [4.78, 5) is 23.1. The molecule has 0 radical (unpaired) electrons. The Hall–Kier alpha value is -3.12. The molecule has 1 aliphatic rings. The minimum Gasteiger partial charge on any atom is -0.545 e. The Balaban J connectivity index is 0.000000366. The second-order valence-corrected chi connectivity index (χ2v) is 8.04. The third kappa shape index (κ3) is 6.43. The number of carbonyl (C=O) groups is 2. The zero-order chi connectivity index (χ0) is 22.9. The van der Waals surface area contributed by atoms with Crippen molar-refractivity contribution in [3.8, 4) is 0 Å². The second-order valence-electron chi connectivity index (χ2n) is 8.04. The molecule has 2 aromatic rings. The maximum Gasteiger partial charge on any atom is 0.328 e. The number of carboxylic acid groups (broad SMARTS) is 2. The summed E-state index contributed by atoms with van der Waals surface area (Å²) >= 11 is 0. The monoisotopic (exact) mass is 424 g/mol. The molecule has 2 aromatic carbocycles. The fourth-order valence-electron chi connectivity index (χ4n) is 4.12. The fourth-order valence-corrected chi connectivity index (χ4v) is 4.12. The molecule has 0 saturated heterocycles. The van der Waals surface area contributed by atoms with E-state index in [0.717, 1.165) is 19.5 Å². The first-order chi connectivity index (χ1) is 14.8. The average Bonchev–Trinajstić information content (AvgIpc) is 3.08. The number of anilines is 1. The highest BCUT2D eigenvalue weighted by Gasteiger charge is 2.42. The maximum atomic E-state index is 9.53. The number of hydrogen-bond donors (Lipinski definition) is 2. The number of nitrogens with zero attached hydrogens (tertiary/aromatic N) is 1. The van der Waals surface area contributed by atoms with Gasteiger partial charge in [-0.1, -0.05) is 55.5 Å². The zero-order valence-electron chi connectivity index (χ0n) is 18.5. The molecule has 166 valence electrons. The van der Waals surface area contributed by atoms with Crippen LogP contribution in [0.2, 0.25) is 0 Å². The number of aliphatic carboxylic acids is 2. The summed E-state index contributed by atoms with van der Waals surface area (Å²) in [7, 11) is 4.47. The number of benzene rings is 2. The largest absolute Gasteiger partial charge is 0.545 e. The molecular weight excluding hydrogens is 392 g/mol. The molecule has 1 unspecified atom stereocenters. The number of nitrogens with one attached hydrogen (secondary N) is 1. The van der Waals surface area contributed by atoms with Crippen molar-refractivity contribution in [3.63, 3.8) is 0 Å². The van der Waals surface area contributed by atoms with E-state index in [4.69, 9.17) is 5.11 Å². The van der Waals surface area contributed by atoms with Gasteiger partial charge in [-0.05, 0) is 29.7 Å². The molecule has 0 saturated carbocycles. The van der Waals surface area contributed by atoms with Crippen molar-refractivity contribution in [1.29, 1.82) is 0 Å². The topological polar surface area (TPSA) is 85.1 Å². The van der Waals surface area contributed by atoms with Crippen molar-refractivity contribution in [2.45, 2.75) is 25.2 Å². The van der Waals surface area contributed by atoms with E-state index in [0.29, 0.717) is 12.2 Å². The summed E-state index contributed by atoms with van der Waals surface area (Å²) in [5.41, 5.74) is 4.54. The molecule has 2 N–H and O–H groups in total. The fraction of sp³-hybridized carbons (Fsp3) is 0.360. The normalized spacial score (nSPS) is 17.4. The first-order valence-electron chi connectivity index (χ1n) is 10.6. The van der Waals surface area contributed by atoms with E-state index < -0.39 is 11.9 Å². The lowest BCUT2D eigenvalue weighted by Crippen LogP contribution is -3.05. The molecule has 6 heteroatoms. The van der Waals surface area contributed by atoms with Crippen LogP contribution in [-0.4, -0.2) is 50.8 Å². The van der Waals surface area contributed by atoms with Crippen LogP contribution < -0.4 is 14.9 Å². The van der Waals surface area contributed by atoms with Gasteiger partial charge in [-0.15, -0.1) is 0 Å². The van der Waals surface area contributed by atoms with Crippen LogP contribution in [0.25, 0.3) is 0 Å². The van der Waals surface area contributed by atoms with E-state index in [1.54, 1.807) is 0 Å². The molecule has 0 aliphatic carbocycles. The Morgan fingerprint density at radius 3 is 2.29 bits per heavy atom. The third-order valence-corrected chi connectivity index (χ3v) is 5.62. The molecule has 0 amide bonds. The van der Waals surface area contributed by atoms with Crippen LogP contribution in [0.15, 0.2) is 66.7 Å². The van der Waals surface area contributed by atoms with Crippen LogP contribution >= 0.6 is 0 Å². The van der Waals surface area contributed by atoms with Crippen LogP contribution in [0, 0.1) is 0 Å².